The lowest BCUT2D eigenvalue weighted by Crippen LogP contribution is -2.27. The van der Waals surface area contributed by atoms with Crippen LogP contribution in [0.2, 0.25) is 0 Å². The smallest absolute Gasteiger partial charge is 0.0905 e. The Hall–Kier alpha value is -0.820. The van der Waals surface area contributed by atoms with Crippen molar-refractivity contribution in [2.24, 2.45) is 5.92 Å². The Morgan fingerprint density at radius 2 is 1.80 bits per heavy atom. The highest BCUT2D eigenvalue weighted by Crippen LogP contribution is 2.31. The summed E-state index contributed by atoms with van der Waals surface area (Å²) < 4.78 is 5.93. The van der Waals surface area contributed by atoms with Gasteiger partial charge in [-0.05, 0) is 31.7 Å². The van der Waals surface area contributed by atoms with E-state index in [1.54, 1.807) is 0 Å². The topological polar surface area (TPSA) is 9.23 Å². The second-order valence-electron chi connectivity index (χ2n) is 4.63. The Bertz CT molecular complexity index is 279. The number of hydrogen-bond donors (Lipinski definition) is 0. The third kappa shape index (κ3) is 3.35. The van der Waals surface area contributed by atoms with Gasteiger partial charge in [-0.2, -0.15) is 0 Å². The van der Waals surface area contributed by atoms with Crippen LogP contribution in [-0.2, 0) is 10.3 Å². The molecule has 0 aromatic heterocycles. The van der Waals surface area contributed by atoms with Gasteiger partial charge < -0.3 is 4.74 Å². The van der Waals surface area contributed by atoms with Crippen LogP contribution >= 0.6 is 0 Å². The van der Waals surface area contributed by atoms with Crippen molar-refractivity contribution in [1.82, 2.24) is 0 Å². The Kier molecular flexibility index (Phi) is 4.34. The molecule has 15 heavy (non-hydrogen) atoms. The fourth-order valence-corrected chi connectivity index (χ4v) is 2.15. The summed E-state index contributed by atoms with van der Waals surface area (Å²) in [5.74, 6) is 0.641. The van der Waals surface area contributed by atoms with Crippen LogP contribution < -0.4 is 0 Å². The van der Waals surface area contributed by atoms with E-state index < -0.39 is 0 Å². The van der Waals surface area contributed by atoms with Crippen molar-refractivity contribution in [3.63, 3.8) is 0 Å². The van der Waals surface area contributed by atoms with Gasteiger partial charge in [-0.3, -0.25) is 0 Å². The SMILES string of the molecule is CCOC(C)(CC(C)C)c1ccccc1. The standard InChI is InChI=1S/C14H22O/c1-5-15-14(4,11-12(2)3)13-9-7-6-8-10-13/h6-10,12H,5,11H2,1-4H3. The van der Waals surface area contributed by atoms with Crippen molar-refractivity contribution in [2.75, 3.05) is 6.61 Å². The van der Waals surface area contributed by atoms with Crippen LogP contribution in [-0.4, -0.2) is 6.61 Å². The first-order valence-corrected chi connectivity index (χ1v) is 5.78. The lowest BCUT2D eigenvalue weighted by atomic mass is 9.87. The minimum Gasteiger partial charge on any atom is -0.371 e. The van der Waals surface area contributed by atoms with E-state index in [4.69, 9.17) is 4.74 Å². The van der Waals surface area contributed by atoms with Gasteiger partial charge in [-0.1, -0.05) is 44.2 Å². The molecular weight excluding hydrogens is 184 g/mol. The quantitative estimate of drug-likeness (QED) is 0.708. The molecular formula is C14H22O. The number of rotatable bonds is 5. The second-order valence-corrected chi connectivity index (χ2v) is 4.63. The van der Waals surface area contributed by atoms with E-state index in [0.29, 0.717) is 5.92 Å². The second kappa shape index (κ2) is 5.32. The van der Waals surface area contributed by atoms with Crippen molar-refractivity contribution in [3.8, 4) is 0 Å². The number of ether oxygens (including phenoxy) is 1. The van der Waals surface area contributed by atoms with Crippen LogP contribution in [0.3, 0.4) is 0 Å². The molecule has 0 saturated carbocycles. The van der Waals surface area contributed by atoms with E-state index in [2.05, 4.69) is 52.0 Å². The zero-order chi connectivity index (χ0) is 11.3. The molecule has 0 aliphatic rings. The first kappa shape index (κ1) is 12.3. The Balaban J connectivity index is 2.90. The molecule has 0 radical (unpaired) electrons. The molecule has 0 amide bonds. The molecule has 0 fully saturated rings. The first-order valence-electron chi connectivity index (χ1n) is 5.78. The summed E-state index contributed by atoms with van der Waals surface area (Å²) in [6.45, 7) is 9.48. The number of benzene rings is 1. The fourth-order valence-electron chi connectivity index (χ4n) is 2.15. The lowest BCUT2D eigenvalue weighted by Gasteiger charge is -2.31. The maximum atomic E-state index is 5.93. The molecule has 0 N–H and O–H groups in total. The van der Waals surface area contributed by atoms with Crippen LogP contribution in [0.4, 0.5) is 0 Å². The molecule has 1 aromatic carbocycles. The van der Waals surface area contributed by atoms with Crippen LogP contribution in [0.25, 0.3) is 0 Å². The Morgan fingerprint density at radius 1 is 1.20 bits per heavy atom. The van der Waals surface area contributed by atoms with Gasteiger partial charge in [0.1, 0.15) is 0 Å². The average Bonchev–Trinajstić information content (AvgIpc) is 2.18. The van der Waals surface area contributed by atoms with Crippen molar-refractivity contribution in [2.45, 2.75) is 39.7 Å². The van der Waals surface area contributed by atoms with E-state index in [9.17, 15) is 0 Å². The molecule has 1 aromatic rings. The van der Waals surface area contributed by atoms with E-state index in [1.165, 1.54) is 5.56 Å². The summed E-state index contributed by atoms with van der Waals surface area (Å²) in [4.78, 5) is 0. The monoisotopic (exact) mass is 206 g/mol. The predicted octanol–water partition coefficient (Wildman–Crippen LogP) is 3.98. The van der Waals surface area contributed by atoms with Gasteiger partial charge in [0.05, 0.1) is 5.60 Å². The summed E-state index contributed by atoms with van der Waals surface area (Å²) in [5.41, 5.74) is 1.14. The van der Waals surface area contributed by atoms with Gasteiger partial charge in [-0.15, -0.1) is 0 Å². The molecule has 1 nitrogen and oxygen atoms in total. The summed E-state index contributed by atoms with van der Waals surface area (Å²) in [7, 11) is 0. The summed E-state index contributed by atoms with van der Waals surface area (Å²) >= 11 is 0. The molecule has 0 spiro atoms. The molecule has 0 bridgehead atoms. The van der Waals surface area contributed by atoms with Crippen molar-refractivity contribution in [3.05, 3.63) is 35.9 Å². The maximum absolute atomic E-state index is 5.93. The summed E-state index contributed by atoms with van der Waals surface area (Å²) in [6, 6.07) is 10.5. The largest absolute Gasteiger partial charge is 0.371 e. The minimum absolute atomic E-state index is 0.135. The first-order chi connectivity index (χ1) is 7.08. The highest BCUT2D eigenvalue weighted by molar-refractivity contribution is 5.21. The van der Waals surface area contributed by atoms with Gasteiger partial charge in [-0.25, -0.2) is 0 Å². The van der Waals surface area contributed by atoms with E-state index >= 15 is 0 Å². The molecule has 1 unspecified atom stereocenters. The van der Waals surface area contributed by atoms with Crippen LogP contribution in [0.15, 0.2) is 30.3 Å². The van der Waals surface area contributed by atoms with E-state index in [0.717, 1.165) is 13.0 Å². The van der Waals surface area contributed by atoms with Crippen molar-refractivity contribution in [1.29, 1.82) is 0 Å². The molecule has 0 saturated heterocycles. The summed E-state index contributed by atoms with van der Waals surface area (Å²) in [6.07, 6.45) is 1.06. The zero-order valence-electron chi connectivity index (χ0n) is 10.3. The molecule has 0 aliphatic heterocycles. The predicted molar refractivity (Wildman–Crippen MR) is 64.9 cm³/mol. The van der Waals surface area contributed by atoms with E-state index in [1.807, 2.05) is 6.07 Å². The average molecular weight is 206 g/mol. The number of hydrogen-bond acceptors (Lipinski definition) is 1. The fraction of sp³-hybridized carbons (Fsp3) is 0.571. The van der Waals surface area contributed by atoms with Gasteiger partial charge >= 0.3 is 0 Å². The summed E-state index contributed by atoms with van der Waals surface area (Å²) in [5, 5.41) is 0. The third-order valence-corrected chi connectivity index (χ3v) is 2.65. The molecule has 1 rings (SSSR count). The Labute approximate surface area is 93.5 Å². The van der Waals surface area contributed by atoms with Crippen molar-refractivity contribution < 1.29 is 4.74 Å². The van der Waals surface area contributed by atoms with Gasteiger partial charge in [0.2, 0.25) is 0 Å². The normalized spacial score (nSPS) is 15.3. The highest BCUT2D eigenvalue weighted by atomic mass is 16.5. The van der Waals surface area contributed by atoms with Crippen LogP contribution in [0.5, 0.6) is 0 Å². The molecule has 1 heteroatoms. The van der Waals surface area contributed by atoms with Crippen LogP contribution in [0.1, 0.15) is 39.7 Å². The molecule has 0 heterocycles. The lowest BCUT2D eigenvalue weighted by molar-refractivity contribution is -0.0441. The molecule has 0 aliphatic carbocycles. The zero-order valence-corrected chi connectivity index (χ0v) is 10.3. The van der Waals surface area contributed by atoms with Crippen molar-refractivity contribution >= 4 is 0 Å². The highest BCUT2D eigenvalue weighted by Gasteiger charge is 2.27. The van der Waals surface area contributed by atoms with Gasteiger partial charge in [0.25, 0.3) is 0 Å². The third-order valence-electron chi connectivity index (χ3n) is 2.65. The van der Waals surface area contributed by atoms with E-state index in [-0.39, 0.29) is 5.60 Å². The van der Waals surface area contributed by atoms with Gasteiger partial charge in [0.15, 0.2) is 0 Å². The Morgan fingerprint density at radius 3 is 2.27 bits per heavy atom. The van der Waals surface area contributed by atoms with Crippen LogP contribution in [0, 0.1) is 5.92 Å². The van der Waals surface area contributed by atoms with Gasteiger partial charge in [0, 0.05) is 6.61 Å². The molecule has 84 valence electrons. The minimum atomic E-state index is -0.135. The molecule has 1 atom stereocenters. The maximum Gasteiger partial charge on any atom is 0.0905 e.